The van der Waals surface area contributed by atoms with Crippen molar-refractivity contribution >= 4 is 51.0 Å². The lowest BCUT2D eigenvalue weighted by atomic mass is 10.0. The lowest BCUT2D eigenvalue weighted by Crippen LogP contribution is -2.40. The molecule has 1 aliphatic carbocycles. The largest absolute Gasteiger partial charge is 0.489 e. The number of ether oxygens (including phenoxy) is 3. The van der Waals surface area contributed by atoms with Crippen molar-refractivity contribution in [2.24, 2.45) is 5.92 Å². The molecule has 15 heteroatoms. The lowest BCUT2D eigenvalue weighted by Gasteiger charge is -2.26. The maximum Gasteiger partial charge on any atom is 0.387 e. The Kier molecular flexibility index (Phi) is 9.73. The second-order valence-electron chi connectivity index (χ2n) is 9.58. The number of thioether (sulfide) groups is 1. The number of carbonyl (C=O) groups excluding carboxylic acids is 1. The molecule has 9 nitrogen and oxygen atoms in total. The minimum atomic E-state index is -4.05. The van der Waals surface area contributed by atoms with Gasteiger partial charge in [-0.25, -0.2) is 13.2 Å². The van der Waals surface area contributed by atoms with E-state index in [1.165, 1.54) is 55.1 Å². The molecule has 1 unspecified atom stereocenters. The number of aromatic nitrogens is 2. The number of hydrogen-bond acceptors (Lipinski definition) is 9. The molecule has 0 radical (unpaired) electrons. The van der Waals surface area contributed by atoms with Crippen LogP contribution in [0.25, 0.3) is 0 Å². The summed E-state index contributed by atoms with van der Waals surface area (Å²) in [6.45, 7) is -2.67. The van der Waals surface area contributed by atoms with E-state index in [-0.39, 0.29) is 39.4 Å². The van der Waals surface area contributed by atoms with Gasteiger partial charge >= 0.3 is 12.6 Å². The summed E-state index contributed by atoms with van der Waals surface area (Å²) < 4.78 is 70.3. The predicted molar refractivity (Wildman–Crippen MR) is 152 cm³/mol. The molecule has 0 spiro atoms. The monoisotopic (exact) mass is 659 g/mol. The molecule has 0 bridgehead atoms. The molecule has 3 heterocycles. The Labute approximate surface area is 255 Å². The second-order valence-corrected chi connectivity index (χ2v) is 13.5. The van der Waals surface area contributed by atoms with Crippen LogP contribution in [0.3, 0.4) is 0 Å². The minimum absolute atomic E-state index is 0.0181. The van der Waals surface area contributed by atoms with Gasteiger partial charge in [-0.15, -0.1) is 11.8 Å². The molecular weight excluding hydrogens is 635 g/mol. The average Bonchev–Trinajstić information content (AvgIpc) is 3.65. The molecule has 224 valence electrons. The van der Waals surface area contributed by atoms with Crippen LogP contribution in [0.4, 0.5) is 8.78 Å². The van der Waals surface area contributed by atoms with Crippen molar-refractivity contribution in [1.29, 1.82) is 0 Å². The van der Waals surface area contributed by atoms with Gasteiger partial charge in [0.05, 0.1) is 16.7 Å². The Morgan fingerprint density at radius 1 is 1.10 bits per heavy atom. The summed E-state index contributed by atoms with van der Waals surface area (Å²) in [5, 5.41) is -0.724. The van der Waals surface area contributed by atoms with Gasteiger partial charge in [-0.3, -0.25) is 9.97 Å². The van der Waals surface area contributed by atoms with Crippen LogP contribution in [-0.2, 0) is 26.0 Å². The molecular formula is C27H25Cl2F2N3O6S2. The van der Waals surface area contributed by atoms with E-state index in [0.29, 0.717) is 29.4 Å². The van der Waals surface area contributed by atoms with Crippen LogP contribution in [0, 0.1) is 5.92 Å². The van der Waals surface area contributed by atoms with Gasteiger partial charge in [0, 0.05) is 43.5 Å². The van der Waals surface area contributed by atoms with Gasteiger partial charge in [-0.05, 0) is 54.2 Å². The van der Waals surface area contributed by atoms with Crippen LogP contribution in [0.1, 0.15) is 30.1 Å². The molecule has 42 heavy (non-hydrogen) atoms. The first-order chi connectivity index (χ1) is 20.1. The minimum Gasteiger partial charge on any atom is -0.489 e. The van der Waals surface area contributed by atoms with Gasteiger partial charge in [-0.2, -0.15) is 13.1 Å². The van der Waals surface area contributed by atoms with Crippen molar-refractivity contribution < 1.29 is 36.2 Å². The number of halogens is 4. The van der Waals surface area contributed by atoms with Crippen LogP contribution < -0.4 is 9.47 Å². The van der Waals surface area contributed by atoms with Crippen molar-refractivity contribution in [3.8, 4) is 11.5 Å². The first-order valence-electron chi connectivity index (χ1n) is 12.9. The number of rotatable bonds is 12. The van der Waals surface area contributed by atoms with E-state index in [1.54, 1.807) is 0 Å². The summed E-state index contributed by atoms with van der Waals surface area (Å²) in [6.07, 6.45) is 6.31. The third-order valence-electron chi connectivity index (χ3n) is 6.62. The fraction of sp³-hybridized carbons (Fsp3) is 0.370. The second kappa shape index (κ2) is 13.3. The third-order valence-corrected chi connectivity index (χ3v) is 10.4. The highest BCUT2D eigenvalue weighted by atomic mass is 35.5. The predicted octanol–water partition coefficient (Wildman–Crippen LogP) is 5.76. The molecule has 2 aliphatic rings. The van der Waals surface area contributed by atoms with Gasteiger partial charge < -0.3 is 14.2 Å². The maximum absolute atomic E-state index is 13.6. The fourth-order valence-electron chi connectivity index (χ4n) is 4.29. The van der Waals surface area contributed by atoms with E-state index in [1.807, 2.05) is 0 Å². The number of benzene rings is 1. The van der Waals surface area contributed by atoms with Crippen LogP contribution in [0.15, 0.2) is 60.0 Å². The van der Waals surface area contributed by atoms with Gasteiger partial charge in [0.1, 0.15) is 11.0 Å². The average molecular weight is 661 g/mol. The van der Waals surface area contributed by atoms with Gasteiger partial charge in [0.15, 0.2) is 16.9 Å². The molecule has 3 aromatic rings. The molecule has 1 aliphatic heterocycles. The summed E-state index contributed by atoms with van der Waals surface area (Å²) in [5.74, 6) is -0.235. The standard InChI is InChI=1S/C27H25Cl2F2N3O6S2/c28-20-13-33-14-21(29)19(20)11-23(17-5-6-22(40-27(30)31)24(10-17)38-15-16-3-4-16)39-26(35)25-34(8-9-41-25)42(36,37)18-2-1-7-32-12-18/h1-2,5-7,10,12-14,16,23,25,27H,3-4,8-9,11,15H2/t23-,25?/m0/s1. The maximum atomic E-state index is 13.6. The van der Waals surface area contributed by atoms with Crippen LogP contribution in [-0.4, -0.2) is 59.6 Å². The number of nitrogens with zero attached hydrogens (tertiary/aromatic N) is 3. The fourth-order valence-corrected chi connectivity index (χ4v) is 7.82. The highest BCUT2D eigenvalue weighted by Gasteiger charge is 2.42. The van der Waals surface area contributed by atoms with Gasteiger partial charge in [-0.1, -0.05) is 29.3 Å². The molecule has 2 aromatic heterocycles. The number of alkyl halides is 2. The zero-order chi connectivity index (χ0) is 29.9. The number of sulfonamides is 1. The Hall–Kier alpha value is -2.71. The van der Waals surface area contributed by atoms with Crippen LogP contribution in [0.5, 0.6) is 11.5 Å². The zero-order valence-electron chi connectivity index (χ0n) is 21.9. The van der Waals surface area contributed by atoms with E-state index in [2.05, 4.69) is 14.7 Å². The molecule has 2 atom stereocenters. The highest BCUT2D eigenvalue weighted by Crippen LogP contribution is 2.39. The molecule has 0 amide bonds. The number of carbonyl (C=O) groups is 1. The first kappa shape index (κ1) is 30.7. The van der Waals surface area contributed by atoms with Crippen molar-refractivity contribution in [3.05, 3.63) is 76.3 Å². The highest BCUT2D eigenvalue weighted by molar-refractivity contribution is 8.02. The topological polar surface area (TPSA) is 108 Å². The summed E-state index contributed by atoms with van der Waals surface area (Å²) >= 11 is 13.9. The van der Waals surface area contributed by atoms with E-state index < -0.39 is 34.1 Å². The first-order valence-corrected chi connectivity index (χ1v) is 16.1. The smallest absolute Gasteiger partial charge is 0.387 e. The van der Waals surface area contributed by atoms with Crippen molar-refractivity contribution in [2.75, 3.05) is 18.9 Å². The quantitative estimate of drug-likeness (QED) is 0.224. The molecule has 5 rings (SSSR count). The Morgan fingerprint density at radius 3 is 2.52 bits per heavy atom. The molecule has 1 saturated carbocycles. The normalized spacial score (nSPS) is 18.2. The molecule has 1 saturated heterocycles. The Balaban J connectivity index is 1.46. The number of pyridine rings is 2. The zero-order valence-corrected chi connectivity index (χ0v) is 25.0. The Bertz CT molecular complexity index is 1510. The summed E-state index contributed by atoms with van der Waals surface area (Å²) in [7, 11) is -4.05. The summed E-state index contributed by atoms with van der Waals surface area (Å²) in [4.78, 5) is 21.4. The van der Waals surface area contributed by atoms with E-state index in [0.717, 1.165) is 28.9 Å². The van der Waals surface area contributed by atoms with Crippen LogP contribution >= 0.6 is 35.0 Å². The SMILES string of the molecule is O=C(O[C@@H](Cc1c(Cl)cncc1Cl)c1ccc(OC(F)F)c(OCC2CC2)c1)C1SCCN1S(=O)(=O)c1cccnc1. The third kappa shape index (κ3) is 7.25. The van der Waals surface area contributed by atoms with Crippen molar-refractivity contribution in [1.82, 2.24) is 14.3 Å². The van der Waals surface area contributed by atoms with Crippen molar-refractivity contribution in [3.63, 3.8) is 0 Å². The van der Waals surface area contributed by atoms with Gasteiger partial charge in [0.2, 0.25) is 10.0 Å². The summed E-state index contributed by atoms with van der Waals surface area (Å²) in [5.41, 5.74) is 0.808. The lowest BCUT2D eigenvalue weighted by molar-refractivity contribution is -0.150. The Morgan fingerprint density at radius 2 is 1.86 bits per heavy atom. The van der Waals surface area contributed by atoms with Gasteiger partial charge in [0.25, 0.3) is 0 Å². The number of esters is 1. The van der Waals surface area contributed by atoms with Crippen LogP contribution in [0.2, 0.25) is 10.0 Å². The van der Waals surface area contributed by atoms with E-state index in [4.69, 9.17) is 32.7 Å². The van der Waals surface area contributed by atoms with E-state index in [9.17, 15) is 22.0 Å². The molecule has 0 N–H and O–H groups in total. The molecule has 2 fully saturated rings. The number of hydrogen-bond donors (Lipinski definition) is 0. The van der Waals surface area contributed by atoms with Crippen molar-refractivity contribution in [2.45, 2.75) is 42.2 Å². The molecule has 1 aromatic carbocycles. The summed E-state index contributed by atoms with van der Waals surface area (Å²) in [6, 6.07) is 7.13. The van der Waals surface area contributed by atoms with E-state index >= 15 is 0 Å².